The van der Waals surface area contributed by atoms with Gasteiger partial charge >= 0.3 is 0 Å². The van der Waals surface area contributed by atoms with E-state index in [2.05, 4.69) is 4.98 Å². The van der Waals surface area contributed by atoms with Crippen LogP contribution in [0.2, 0.25) is 0 Å². The molecule has 1 heterocycles. The molecule has 0 aliphatic carbocycles. The second-order valence-electron chi connectivity index (χ2n) is 4.15. The van der Waals surface area contributed by atoms with Crippen LogP contribution >= 0.6 is 22.9 Å². The number of benzene rings is 1. The molecule has 0 aliphatic heterocycles. The van der Waals surface area contributed by atoms with Gasteiger partial charge in [-0.15, -0.1) is 22.9 Å². The highest BCUT2D eigenvalue weighted by atomic mass is 35.5. The molecule has 4 nitrogen and oxygen atoms in total. The van der Waals surface area contributed by atoms with E-state index in [9.17, 15) is 10.1 Å². The van der Waals surface area contributed by atoms with Gasteiger partial charge in [0.1, 0.15) is 0 Å². The Bertz CT molecular complexity index is 582. The molecule has 18 heavy (non-hydrogen) atoms. The standard InChI is InChI=1S/C12H13ClN2O2S/c1-3-8(7(2)13)9-4-5-10-11(14-6-18-10)12(9)15(16)17/h4-8H,3H2,1-2H3. The summed E-state index contributed by atoms with van der Waals surface area (Å²) in [6.45, 7) is 3.85. The second-order valence-corrected chi connectivity index (χ2v) is 5.73. The quantitative estimate of drug-likeness (QED) is 0.477. The van der Waals surface area contributed by atoms with E-state index >= 15 is 0 Å². The number of aromatic nitrogens is 1. The summed E-state index contributed by atoms with van der Waals surface area (Å²) < 4.78 is 0.836. The van der Waals surface area contributed by atoms with Gasteiger partial charge in [-0.1, -0.05) is 13.0 Å². The molecule has 2 unspecified atom stereocenters. The van der Waals surface area contributed by atoms with E-state index in [4.69, 9.17) is 11.6 Å². The summed E-state index contributed by atoms with van der Waals surface area (Å²) in [6, 6.07) is 3.70. The monoisotopic (exact) mass is 284 g/mol. The van der Waals surface area contributed by atoms with E-state index in [0.29, 0.717) is 11.1 Å². The van der Waals surface area contributed by atoms with E-state index in [1.54, 1.807) is 5.51 Å². The van der Waals surface area contributed by atoms with Crippen molar-refractivity contribution in [3.8, 4) is 0 Å². The Kier molecular flexibility index (Phi) is 3.82. The first-order valence-electron chi connectivity index (χ1n) is 5.70. The first kappa shape index (κ1) is 13.2. The van der Waals surface area contributed by atoms with Gasteiger partial charge in [-0.2, -0.15) is 0 Å². The zero-order valence-corrected chi connectivity index (χ0v) is 11.7. The molecular formula is C12H13ClN2O2S. The van der Waals surface area contributed by atoms with Gasteiger partial charge in [-0.25, -0.2) is 4.98 Å². The Hall–Kier alpha value is -1.20. The fourth-order valence-corrected chi connectivity index (χ4v) is 3.21. The van der Waals surface area contributed by atoms with E-state index < -0.39 is 0 Å². The Balaban J connectivity index is 2.69. The molecule has 1 aromatic heterocycles. The third kappa shape index (κ3) is 2.20. The number of thiazole rings is 1. The molecule has 0 N–H and O–H groups in total. The number of hydrogen-bond donors (Lipinski definition) is 0. The smallest absolute Gasteiger partial charge is 0.258 e. The lowest BCUT2D eigenvalue weighted by atomic mass is 9.92. The molecule has 2 atom stereocenters. The number of nitro groups is 1. The summed E-state index contributed by atoms with van der Waals surface area (Å²) in [6.07, 6.45) is 0.765. The third-order valence-electron chi connectivity index (χ3n) is 3.08. The van der Waals surface area contributed by atoms with E-state index in [-0.39, 0.29) is 21.9 Å². The molecule has 1 aromatic carbocycles. The highest BCUT2D eigenvalue weighted by Gasteiger charge is 2.27. The van der Waals surface area contributed by atoms with Gasteiger partial charge in [0.25, 0.3) is 5.69 Å². The highest BCUT2D eigenvalue weighted by Crippen LogP contribution is 2.38. The number of alkyl halides is 1. The van der Waals surface area contributed by atoms with Crippen molar-refractivity contribution in [2.45, 2.75) is 31.6 Å². The van der Waals surface area contributed by atoms with Gasteiger partial charge in [0, 0.05) is 16.9 Å². The van der Waals surface area contributed by atoms with Gasteiger partial charge in [-0.3, -0.25) is 10.1 Å². The van der Waals surface area contributed by atoms with E-state index in [0.717, 1.165) is 11.1 Å². The summed E-state index contributed by atoms with van der Waals surface area (Å²) in [5, 5.41) is 11.2. The number of nitro benzene ring substituents is 1. The van der Waals surface area contributed by atoms with Crippen LogP contribution in [0, 0.1) is 10.1 Å². The summed E-state index contributed by atoms with van der Waals surface area (Å²) in [7, 11) is 0. The van der Waals surface area contributed by atoms with Crippen molar-refractivity contribution in [1.29, 1.82) is 0 Å². The van der Waals surface area contributed by atoms with Crippen LogP contribution in [0.1, 0.15) is 31.7 Å². The Morgan fingerprint density at radius 1 is 1.56 bits per heavy atom. The van der Waals surface area contributed by atoms with Crippen LogP contribution < -0.4 is 0 Å². The lowest BCUT2D eigenvalue weighted by Gasteiger charge is -2.17. The van der Waals surface area contributed by atoms with Crippen LogP contribution in [0.4, 0.5) is 5.69 Å². The van der Waals surface area contributed by atoms with Crippen molar-refractivity contribution in [1.82, 2.24) is 4.98 Å². The summed E-state index contributed by atoms with van der Waals surface area (Å²) in [4.78, 5) is 15.1. The van der Waals surface area contributed by atoms with Crippen LogP contribution in [0.5, 0.6) is 0 Å². The molecule has 0 spiro atoms. The number of hydrogen-bond acceptors (Lipinski definition) is 4. The second kappa shape index (κ2) is 5.20. The maximum Gasteiger partial charge on any atom is 0.299 e. The van der Waals surface area contributed by atoms with Crippen molar-refractivity contribution in [3.63, 3.8) is 0 Å². The fourth-order valence-electron chi connectivity index (χ4n) is 2.22. The van der Waals surface area contributed by atoms with Crippen LogP contribution in [-0.2, 0) is 0 Å². The number of halogens is 1. The van der Waals surface area contributed by atoms with Gasteiger partial charge in [0.2, 0.25) is 0 Å². The first-order chi connectivity index (χ1) is 8.56. The predicted octanol–water partition coefficient (Wildman–Crippen LogP) is 4.33. The topological polar surface area (TPSA) is 56.0 Å². The molecule has 0 aliphatic rings. The van der Waals surface area contributed by atoms with Gasteiger partial charge < -0.3 is 0 Å². The minimum absolute atomic E-state index is 0.0295. The summed E-state index contributed by atoms with van der Waals surface area (Å²) >= 11 is 7.55. The Morgan fingerprint density at radius 3 is 2.83 bits per heavy atom. The molecule has 96 valence electrons. The maximum atomic E-state index is 11.3. The van der Waals surface area contributed by atoms with Crippen molar-refractivity contribution in [3.05, 3.63) is 33.3 Å². The lowest BCUT2D eigenvalue weighted by Crippen LogP contribution is -2.11. The zero-order chi connectivity index (χ0) is 13.3. The normalized spacial score (nSPS) is 14.6. The first-order valence-corrected chi connectivity index (χ1v) is 7.02. The molecular weight excluding hydrogens is 272 g/mol. The maximum absolute atomic E-state index is 11.3. The van der Waals surface area contributed by atoms with Gasteiger partial charge in [0.05, 0.1) is 15.1 Å². The van der Waals surface area contributed by atoms with Crippen LogP contribution in [0.25, 0.3) is 10.2 Å². The van der Waals surface area contributed by atoms with Crippen LogP contribution in [0.15, 0.2) is 17.6 Å². The molecule has 2 aromatic rings. The predicted molar refractivity (Wildman–Crippen MR) is 74.6 cm³/mol. The molecule has 0 fully saturated rings. The average molecular weight is 285 g/mol. The number of nitrogens with zero attached hydrogens (tertiary/aromatic N) is 2. The molecule has 6 heteroatoms. The molecule has 0 saturated heterocycles. The minimum atomic E-state index is -0.348. The van der Waals surface area contributed by atoms with Crippen molar-refractivity contribution in [2.75, 3.05) is 0 Å². The van der Waals surface area contributed by atoms with E-state index in [1.165, 1.54) is 11.3 Å². The Morgan fingerprint density at radius 2 is 2.28 bits per heavy atom. The summed E-state index contributed by atoms with van der Waals surface area (Å²) in [5.41, 5.74) is 2.89. The largest absolute Gasteiger partial charge is 0.299 e. The van der Waals surface area contributed by atoms with E-state index in [1.807, 2.05) is 26.0 Å². The lowest BCUT2D eigenvalue weighted by molar-refractivity contribution is -0.384. The molecule has 0 bridgehead atoms. The molecule has 0 saturated carbocycles. The van der Waals surface area contributed by atoms with Crippen molar-refractivity contribution in [2.24, 2.45) is 0 Å². The number of rotatable bonds is 4. The van der Waals surface area contributed by atoms with Gasteiger partial charge in [-0.05, 0) is 19.4 Å². The Labute approximate surface area is 114 Å². The zero-order valence-electron chi connectivity index (χ0n) is 10.1. The van der Waals surface area contributed by atoms with Crippen molar-refractivity contribution >= 4 is 38.8 Å². The van der Waals surface area contributed by atoms with Gasteiger partial charge in [0.15, 0.2) is 5.52 Å². The van der Waals surface area contributed by atoms with Crippen molar-refractivity contribution < 1.29 is 4.92 Å². The average Bonchev–Trinajstić information content (AvgIpc) is 2.76. The molecule has 0 amide bonds. The number of fused-ring (bicyclic) bond motifs is 1. The summed E-state index contributed by atoms with van der Waals surface area (Å²) in [5.74, 6) is -0.0295. The van der Waals surface area contributed by atoms with Crippen LogP contribution in [0.3, 0.4) is 0 Å². The molecule has 2 rings (SSSR count). The third-order valence-corrected chi connectivity index (χ3v) is 4.18. The highest BCUT2D eigenvalue weighted by molar-refractivity contribution is 7.16. The molecule has 0 radical (unpaired) electrons. The van der Waals surface area contributed by atoms with Crippen LogP contribution in [-0.4, -0.2) is 15.3 Å². The minimum Gasteiger partial charge on any atom is -0.258 e. The fraction of sp³-hybridized carbons (Fsp3) is 0.417. The SMILES string of the molecule is CCC(c1ccc2scnc2c1[N+](=O)[O-])C(C)Cl.